The van der Waals surface area contributed by atoms with Gasteiger partial charge < -0.3 is 23.9 Å². The van der Waals surface area contributed by atoms with Gasteiger partial charge in [0.05, 0.1) is 7.11 Å². The molecular formula is C25H26N2O6. The van der Waals surface area contributed by atoms with Gasteiger partial charge in [0.25, 0.3) is 0 Å². The molecule has 0 aliphatic carbocycles. The van der Waals surface area contributed by atoms with Crippen LogP contribution < -0.4 is 14.8 Å². The van der Waals surface area contributed by atoms with Gasteiger partial charge >= 0.3 is 12.1 Å². The molecular weight excluding hydrogens is 424 g/mol. The summed E-state index contributed by atoms with van der Waals surface area (Å²) in [5, 5.41) is 2.51. The molecule has 0 bridgehead atoms. The fourth-order valence-corrected chi connectivity index (χ4v) is 3.79. The van der Waals surface area contributed by atoms with Gasteiger partial charge in [-0.1, -0.05) is 24.3 Å². The predicted octanol–water partition coefficient (Wildman–Crippen LogP) is 4.76. The highest BCUT2D eigenvalue weighted by Crippen LogP contribution is 2.34. The van der Waals surface area contributed by atoms with Gasteiger partial charge in [-0.3, -0.25) is 0 Å². The number of oxazole rings is 1. The van der Waals surface area contributed by atoms with Crippen LogP contribution in [0.15, 0.2) is 52.9 Å². The monoisotopic (exact) mass is 450 g/mol. The van der Waals surface area contributed by atoms with Crippen molar-refractivity contribution in [2.24, 2.45) is 0 Å². The van der Waals surface area contributed by atoms with Crippen LogP contribution in [0.5, 0.6) is 11.5 Å². The molecule has 8 nitrogen and oxygen atoms in total. The number of hydrogen-bond acceptors (Lipinski definition) is 7. The number of nitrogens with zero attached hydrogens (tertiary/aromatic N) is 1. The number of methoxy groups -OCH3 is 1. The van der Waals surface area contributed by atoms with Gasteiger partial charge in [-0.05, 0) is 62.9 Å². The number of aryl methyl sites for hydroxylation is 2. The first-order valence-corrected chi connectivity index (χ1v) is 10.8. The zero-order valence-electron chi connectivity index (χ0n) is 18.8. The van der Waals surface area contributed by atoms with E-state index in [1.165, 1.54) is 0 Å². The maximum absolute atomic E-state index is 11.5. The fourth-order valence-electron chi connectivity index (χ4n) is 3.79. The lowest BCUT2D eigenvalue weighted by atomic mass is 10.0. The fraction of sp³-hybridized carbons (Fsp3) is 0.320. The van der Waals surface area contributed by atoms with Gasteiger partial charge in [-0.25, -0.2) is 14.6 Å². The van der Waals surface area contributed by atoms with Gasteiger partial charge in [0.1, 0.15) is 23.6 Å². The van der Waals surface area contributed by atoms with Crippen molar-refractivity contribution < 1.29 is 28.2 Å². The molecule has 3 aromatic rings. The van der Waals surface area contributed by atoms with Crippen molar-refractivity contribution in [2.45, 2.75) is 45.3 Å². The van der Waals surface area contributed by atoms with E-state index < -0.39 is 18.1 Å². The maximum atomic E-state index is 11.5. The first kappa shape index (κ1) is 22.4. The molecule has 172 valence electrons. The number of amides is 1. The summed E-state index contributed by atoms with van der Waals surface area (Å²) in [6.07, 6.45) is 0.912. The Bertz CT molecular complexity index is 1140. The van der Waals surface area contributed by atoms with Crippen LogP contribution in [0.4, 0.5) is 4.79 Å². The molecule has 1 fully saturated rings. The van der Waals surface area contributed by atoms with Crippen molar-refractivity contribution in [2.75, 3.05) is 7.11 Å². The van der Waals surface area contributed by atoms with E-state index in [2.05, 4.69) is 15.0 Å². The summed E-state index contributed by atoms with van der Waals surface area (Å²) < 4.78 is 22.1. The molecule has 8 heteroatoms. The molecule has 1 aromatic heterocycles. The Morgan fingerprint density at radius 2 is 1.91 bits per heavy atom. The van der Waals surface area contributed by atoms with Crippen LogP contribution in [-0.4, -0.2) is 30.2 Å². The van der Waals surface area contributed by atoms with Gasteiger partial charge in [-0.2, -0.15) is 0 Å². The smallest absolute Gasteiger partial charge is 0.415 e. The first-order chi connectivity index (χ1) is 15.9. The average molecular weight is 450 g/mol. The Morgan fingerprint density at radius 1 is 1.12 bits per heavy atom. The number of ether oxygens (including phenoxy) is 3. The molecule has 2 aromatic carbocycles. The maximum Gasteiger partial charge on any atom is 0.415 e. The number of aromatic nitrogens is 1. The molecule has 1 aliphatic rings. The van der Waals surface area contributed by atoms with Crippen LogP contribution in [0, 0.1) is 6.92 Å². The Labute approximate surface area is 191 Å². The summed E-state index contributed by atoms with van der Waals surface area (Å²) in [5.41, 5.74) is 2.67. The summed E-state index contributed by atoms with van der Waals surface area (Å²) in [6.45, 7) is 3.79. The highest BCUT2D eigenvalue weighted by Gasteiger charge is 2.31. The van der Waals surface area contributed by atoms with Crippen molar-refractivity contribution in [1.29, 1.82) is 0 Å². The Balaban J connectivity index is 1.40. The summed E-state index contributed by atoms with van der Waals surface area (Å²) in [6, 6.07) is 14.9. The van der Waals surface area contributed by atoms with Crippen LogP contribution in [0.1, 0.15) is 42.9 Å². The number of nitrogens with one attached hydrogen (secondary N) is 1. The first-order valence-electron chi connectivity index (χ1n) is 10.8. The van der Waals surface area contributed by atoms with E-state index in [-0.39, 0.29) is 6.10 Å². The minimum atomic E-state index is -0.680. The Morgan fingerprint density at radius 3 is 2.61 bits per heavy atom. The van der Waals surface area contributed by atoms with Crippen molar-refractivity contribution in [3.8, 4) is 23.0 Å². The normalized spacial score (nSPS) is 16.3. The molecule has 2 heterocycles. The lowest BCUT2D eigenvalue weighted by Gasteiger charge is -2.16. The second kappa shape index (κ2) is 9.77. The predicted molar refractivity (Wildman–Crippen MR) is 120 cm³/mol. The number of hydrogen-bond donors (Lipinski definition) is 1. The van der Waals surface area contributed by atoms with Crippen molar-refractivity contribution >= 4 is 12.1 Å². The number of cyclic esters (lactones) is 2. The summed E-state index contributed by atoms with van der Waals surface area (Å²) in [7, 11) is 1.59. The number of esters is 1. The van der Waals surface area contributed by atoms with E-state index >= 15 is 0 Å². The summed E-state index contributed by atoms with van der Waals surface area (Å²) in [4.78, 5) is 27.3. The van der Waals surface area contributed by atoms with Crippen LogP contribution in [0.3, 0.4) is 0 Å². The van der Waals surface area contributed by atoms with E-state index in [9.17, 15) is 9.59 Å². The zero-order valence-corrected chi connectivity index (χ0v) is 18.8. The second-order valence-corrected chi connectivity index (χ2v) is 7.87. The third-order valence-electron chi connectivity index (χ3n) is 5.50. The highest BCUT2D eigenvalue weighted by molar-refractivity contribution is 5.95. The average Bonchev–Trinajstić information content (AvgIpc) is 3.36. The standard InChI is InChI=1S/C25H26N2O6/c1-15(22-16(2)32-23(27-22)18-9-5-4-6-10-18)31-20-13-12-17(14-21(20)30-3)8-7-11-19-24(28)33-25(29)26-19/h4-6,9-10,12-15,19H,7-8,11H2,1-3H3,(H,26,29). The molecule has 2 unspecified atom stereocenters. The molecule has 2 atom stereocenters. The van der Waals surface area contributed by atoms with Gasteiger partial charge in [-0.15, -0.1) is 0 Å². The molecule has 33 heavy (non-hydrogen) atoms. The van der Waals surface area contributed by atoms with Crippen molar-refractivity contribution in [1.82, 2.24) is 10.3 Å². The molecule has 0 spiro atoms. The lowest BCUT2D eigenvalue weighted by molar-refractivity contribution is -0.135. The van der Waals surface area contributed by atoms with Crippen LogP contribution >= 0.6 is 0 Å². The summed E-state index contributed by atoms with van der Waals surface area (Å²) >= 11 is 0. The van der Waals surface area contributed by atoms with E-state index in [4.69, 9.17) is 13.9 Å². The molecule has 0 radical (unpaired) electrons. The third-order valence-corrected chi connectivity index (χ3v) is 5.50. The van der Waals surface area contributed by atoms with Crippen molar-refractivity contribution in [3.05, 3.63) is 65.5 Å². The summed E-state index contributed by atoms with van der Waals surface area (Å²) in [5.74, 6) is 1.95. The molecule has 1 saturated heterocycles. The van der Waals surface area contributed by atoms with Gasteiger partial charge in [0, 0.05) is 5.56 Å². The number of rotatable bonds is 9. The molecule has 0 saturated carbocycles. The molecule has 1 aliphatic heterocycles. The highest BCUT2D eigenvalue weighted by atomic mass is 16.6. The Kier molecular flexibility index (Phi) is 6.63. The molecule has 4 rings (SSSR count). The van der Waals surface area contributed by atoms with Crippen molar-refractivity contribution in [3.63, 3.8) is 0 Å². The van der Waals surface area contributed by atoms with Gasteiger partial charge in [0.2, 0.25) is 5.89 Å². The van der Waals surface area contributed by atoms with E-state index in [0.29, 0.717) is 42.4 Å². The minimum Gasteiger partial charge on any atom is -0.493 e. The second-order valence-electron chi connectivity index (χ2n) is 7.87. The van der Waals surface area contributed by atoms with Crippen LogP contribution in [0.2, 0.25) is 0 Å². The number of benzene rings is 2. The minimum absolute atomic E-state index is 0.344. The molecule has 1 amide bonds. The molecule has 1 N–H and O–H groups in total. The van der Waals surface area contributed by atoms with E-state index in [1.807, 2.05) is 62.4 Å². The number of alkyl carbamates (subject to hydrolysis) is 1. The van der Waals surface area contributed by atoms with E-state index in [0.717, 1.165) is 16.8 Å². The van der Waals surface area contributed by atoms with Crippen LogP contribution in [0.25, 0.3) is 11.5 Å². The van der Waals surface area contributed by atoms with Gasteiger partial charge in [0.15, 0.2) is 11.5 Å². The lowest BCUT2D eigenvalue weighted by Crippen LogP contribution is -2.28. The number of carbonyl (C=O) groups is 2. The largest absolute Gasteiger partial charge is 0.493 e. The zero-order chi connectivity index (χ0) is 23.4. The number of carbonyl (C=O) groups excluding carboxylic acids is 2. The Hall–Kier alpha value is -3.81. The van der Waals surface area contributed by atoms with E-state index in [1.54, 1.807) is 7.11 Å². The third kappa shape index (κ3) is 5.16. The SMILES string of the molecule is COc1cc(CCCC2NC(=O)OC2=O)ccc1OC(C)c1nc(-c2ccccc2)oc1C. The topological polar surface area (TPSA) is 99.9 Å². The van der Waals surface area contributed by atoms with Crippen LogP contribution in [-0.2, 0) is 16.0 Å². The quantitative estimate of drug-likeness (QED) is 0.371.